The van der Waals surface area contributed by atoms with E-state index < -0.39 is 5.60 Å². The molecule has 3 heteroatoms. The van der Waals surface area contributed by atoms with Crippen molar-refractivity contribution in [2.24, 2.45) is 5.92 Å². The molecule has 0 aromatic heterocycles. The molecule has 1 heterocycles. The second-order valence-corrected chi connectivity index (χ2v) is 5.07. The molecule has 1 unspecified atom stereocenters. The van der Waals surface area contributed by atoms with Crippen LogP contribution in [0.15, 0.2) is 0 Å². The average Bonchev–Trinajstić information content (AvgIpc) is 2.19. The van der Waals surface area contributed by atoms with E-state index >= 15 is 0 Å². The molecule has 90 valence electrons. The normalized spacial score (nSPS) is 22.6. The van der Waals surface area contributed by atoms with Crippen molar-refractivity contribution in [3.8, 4) is 0 Å². The van der Waals surface area contributed by atoms with E-state index in [1.165, 1.54) is 12.8 Å². The predicted octanol–water partition coefficient (Wildman–Crippen LogP) is 1.13. The van der Waals surface area contributed by atoms with E-state index in [2.05, 4.69) is 17.6 Å². The van der Waals surface area contributed by atoms with Gasteiger partial charge in [-0.2, -0.15) is 0 Å². The van der Waals surface area contributed by atoms with Gasteiger partial charge in [0.05, 0.1) is 5.60 Å². The van der Waals surface area contributed by atoms with Crippen LogP contribution in [0.4, 0.5) is 0 Å². The van der Waals surface area contributed by atoms with Crippen LogP contribution in [0.2, 0.25) is 0 Å². The van der Waals surface area contributed by atoms with E-state index in [0.717, 1.165) is 44.9 Å². The molecule has 1 atom stereocenters. The van der Waals surface area contributed by atoms with Gasteiger partial charge in [0.2, 0.25) is 0 Å². The van der Waals surface area contributed by atoms with E-state index in [4.69, 9.17) is 0 Å². The van der Waals surface area contributed by atoms with Crippen molar-refractivity contribution in [3.05, 3.63) is 0 Å². The fourth-order valence-corrected chi connectivity index (χ4v) is 2.26. The molecule has 0 saturated carbocycles. The zero-order chi connectivity index (χ0) is 11.1. The lowest BCUT2D eigenvalue weighted by atomic mass is 9.97. The van der Waals surface area contributed by atoms with Gasteiger partial charge >= 0.3 is 0 Å². The summed E-state index contributed by atoms with van der Waals surface area (Å²) in [7, 11) is 0. The van der Waals surface area contributed by atoms with E-state index in [1.54, 1.807) is 0 Å². The molecule has 1 saturated heterocycles. The van der Waals surface area contributed by atoms with E-state index in [-0.39, 0.29) is 0 Å². The minimum atomic E-state index is -0.526. The summed E-state index contributed by atoms with van der Waals surface area (Å²) in [5.74, 6) is 0.795. The smallest absolute Gasteiger partial charge is 0.0743 e. The number of nitrogens with one attached hydrogen (secondary N) is 2. The molecule has 15 heavy (non-hydrogen) atoms. The quantitative estimate of drug-likeness (QED) is 0.621. The Kier molecular flexibility index (Phi) is 5.58. The highest BCUT2D eigenvalue weighted by molar-refractivity contribution is 4.77. The van der Waals surface area contributed by atoms with Gasteiger partial charge in [0.15, 0.2) is 0 Å². The molecule has 1 aliphatic heterocycles. The van der Waals surface area contributed by atoms with Crippen molar-refractivity contribution in [1.29, 1.82) is 0 Å². The zero-order valence-corrected chi connectivity index (χ0v) is 10.2. The standard InChI is InChI=1S/C12H26N2O/c1-3-6-12(2,15)10-14-9-11-4-7-13-8-5-11/h11,13-15H,3-10H2,1-2H3. The molecule has 1 rings (SSSR count). The maximum absolute atomic E-state index is 9.97. The molecule has 0 aliphatic carbocycles. The lowest BCUT2D eigenvalue weighted by Crippen LogP contribution is -2.41. The summed E-state index contributed by atoms with van der Waals surface area (Å²) in [5, 5.41) is 16.7. The minimum absolute atomic E-state index is 0.526. The van der Waals surface area contributed by atoms with E-state index in [9.17, 15) is 5.11 Å². The second-order valence-electron chi connectivity index (χ2n) is 5.07. The highest BCUT2D eigenvalue weighted by Gasteiger charge is 2.19. The largest absolute Gasteiger partial charge is 0.389 e. The van der Waals surface area contributed by atoms with Crippen molar-refractivity contribution in [1.82, 2.24) is 10.6 Å². The second kappa shape index (κ2) is 6.46. The lowest BCUT2D eigenvalue weighted by molar-refractivity contribution is 0.0488. The maximum atomic E-state index is 9.97. The molecule has 3 N–H and O–H groups in total. The zero-order valence-electron chi connectivity index (χ0n) is 10.2. The molecular weight excluding hydrogens is 188 g/mol. The van der Waals surface area contributed by atoms with Gasteiger partial charge in [-0.05, 0) is 51.7 Å². The van der Waals surface area contributed by atoms with Gasteiger partial charge in [0, 0.05) is 6.54 Å². The summed E-state index contributed by atoms with van der Waals surface area (Å²) in [6.07, 6.45) is 4.46. The van der Waals surface area contributed by atoms with Gasteiger partial charge < -0.3 is 15.7 Å². The maximum Gasteiger partial charge on any atom is 0.0743 e. The van der Waals surface area contributed by atoms with Gasteiger partial charge in [-0.15, -0.1) is 0 Å². The van der Waals surface area contributed by atoms with Crippen LogP contribution in [-0.4, -0.2) is 36.9 Å². The molecule has 1 fully saturated rings. The van der Waals surface area contributed by atoms with Crippen LogP contribution in [0.1, 0.15) is 39.5 Å². The highest BCUT2D eigenvalue weighted by atomic mass is 16.3. The monoisotopic (exact) mass is 214 g/mol. The first-order chi connectivity index (χ1) is 7.14. The molecule has 1 aliphatic rings. The molecule has 0 aromatic carbocycles. The molecule has 0 amide bonds. The Labute approximate surface area is 93.6 Å². The third-order valence-corrected chi connectivity index (χ3v) is 3.19. The van der Waals surface area contributed by atoms with Crippen LogP contribution in [0, 0.1) is 5.92 Å². The first-order valence-electron chi connectivity index (χ1n) is 6.28. The van der Waals surface area contributed by atoms with Gasteiger partial charge in [-0.3, -0.25) is 0 Å². The van der Waals surface area contributed by atoms with Crippen LogP contribution in [0.5, 0.6) is 0 Å². The third kappa shape index (κ3) is 5.50. The van der Waals surface area contributed by atoms with Crippen molar-refractivity contribution in [2.75, 3.05) is 26.2 Å². The lowest BCUT2D eigenvalue weighted by Gasteiger charge is -2.27. The summed E-state index contributed by atoms with van der Waals surface area (Å²) in [6.45, 7) is 8.12. The fourth-order valence-electron chi connectivity index (χ4n) is 2.26. The highest BCUT2D eigenvalue weighted by Crippen LogP contribution is 2.12. The van der Waals surface area contributed by atoms with E-state index in [1.807, 2.05) is 6.92 Å². The summed E-state index contributed by atoms with van der Waals surface area (Å²) in [6, 6.07) is 0. The summed E-state index contributed by atoms with van der Waals surface area (Å²) in [5.41, 5.74) is -0.526. The Balaban J connectivity index is 2.09. The average molecular weight is 214 g/mol. The SMILES string of the molecule is CCCC(C)(O)CNCC1CCNCC1. The van der Waals surface area contributed by atoms with Gasteiger partial charge in [-0.1, -0.05) is 13.3 Å². The third-order valence-electron chi connectivity index (χ3n) is 3.19. The Morgan fingerprint density at radius 1 is 1.40 bits per heavy atom. The molecular formula is C12H26N2O. The van der Waals surface area contributed by atoms with Crippen LogP contribution in [0.3, 0.4) is 0 Å². The van der Waals surface area contributed by atoms with Crippen LogP contribution < -0.4 is 10.6 Å². The molecule has 3 nitrogen and oxygen atoms in total. The molecule has 0 spiro atoms. The van der Waals surface area contributed by atoms with Gasteiger partial charge in [0.25, 0.3) is 0 Å². The number of rotatable bonds is 6. The first-order valence-corrected chi connectivity index (χ1v) is 6.28. The molecule has 0 radical (unpaired) electrons. The topological polar surface area (TPSA) is 44.3 Å². The number of hydrogen-bond donors (Lipinski definition) is 3. The fraction of sp³-hybridized carbons (Fsp3) is 1.00. The number of aliphatic hydroxyl groups is 1. The van der Waals surface area contributed by atoms with Crippen molar-refractivity contribution < 1.29 is 5.11 Å². The molecule has 0 aromatic rings. The van der Waals surface area contributed by atoms with Crippen molar-refractivity contribution >= 4 is 0 Å². The predicted molar refractivity (Wildman–Crippen MR) is 64.0 cm³/mol. The summed E-state index contributed by atoms with van der Waals surface area (Å²) >= 11 is 0. The van der Waals surface area contributed by atoms with Crippen molar-refractivity contribution in [2.45, 2.75) is 45.1 Å². The Morgan fingerprint density at radius 3 is 2.67 bits per heavy atom. The minimum Gasteiger partial charge on any atom is -0.389 e. The summed E-state index contributed by atoms with van der Waals surface area (Å²) in [4.78, 5) is 0. The van der Waals surface area contributed by atoms with Crippen LogP contribution in [0.25, 0.3) is 0 Å². The first kappa shape index (κ1) is 12.9. The van der Waals surface area contributed by atoms with E-state index in [0.29, 0.717) is 0 Å². The number of hydrogen-bond acceptors (Lipinski definition) is 3. The van der Waals surface area contributed by atoms with Crippen LogP contribution >= 0.6 is 0 Å². The Hall–Kier alpha value is -0.120. The van der Waals surface area contributed by atoms with Gasteiger partial charge in [-0.25, -0.2) is 0 Å². The molecule has 0 bridgehead atoms. The Morgan fingerprint density at radius 2 is 2.07 bits per heavy atom. The van der Waals surface area contributed by atoms with Crippen molar-refractivity contribution in [3.63, 3.8) is 0 Å². The van der Waals surface area contributed by atoms with Crippen LogP contribution in [-0.2, 0) is 0 Å². The summed E-state index contributed by atoms with van der Waals surface area (Å²) < 4.78 is 0. The Bertz CT molecular complexity index is 165. The van der Waals surface area contributed by atoms with Gasteiger partial charge in [0.1, 0.15) is 0 Å². The number of piperidine rings is 1.